The molecule has 2 heterocycles. The lowest BCUT2D eigenvalue weighted by atomic mass is 10.1. The molecule has 7 heteroatoms. The molecule has 0 spiro atoms. The highest BCUT2D eigenvalue weighted by molar-refractivity contribution is 6.30. The van der Waals surface area contributed by atoms with Crippen molar-refractivity contribution in [2.24, 2.45) is 0 Å². The van der Waals surface area contributed by atoms with Gasteiger partial charge in [-0.1, -0.05) is 29.8 Å². The number of nitrogens with zero attached hydrogens (tertiary/aromatic N) is 3. The number of rotatable bonds is 6. The Morgan fingerprint density at radius 2 is 2.07 bits per heavy atom. The third kappa shape index (κ3) is 4.03. The Balaban J connectivity index is 1.59. The summed E-state index contributed by atoms with van der Waals surface area (Å²) < 4.78 is 13.7. The average molecular weight is 398 g/mol. The fourth-order valence-electron chi connectivity index (χ4n) is 3.11. The van der Waals surface area contributed by atoms with Crippen molar-refractivity contribution in [2.75, 3.05) is 18.6 Å². The van der Waals surface area contributed by atoms with Crippen LogP contribution in [-0.2, 0) is 22.7 Å². The van der Waals surface area contributed by atoms with Crippen LogP contribution in [0.1, 0.15) is 17.2 Å². The molecule has 144 valence electrons. The van der Waals surface area contributed by atoms with Gasteiger partial charge in [-0.05, 0) is 35.4 Å². The van der Waals surface area contributed by atoms with Crippen LogP contribution in [0, 0.1) is 0 Å². The van der Waals surface area contributed by atoms with Crippen LogP contribution in [0.2, 0.25) is 5.02 Å². The molecule has 0 radical (unpaired) electrons. The molecule has 0 saturated heterocycles. The average Bonchev–Trinajstić information content (AvgIpc) is 3.22. The molecular weight excluding hydrogens is 378 g/mol. The highest BCUT2D eigenvalue weighted by atomic mass is 35.5. The molecule has 0 aliphatic carbocycles. The molecule has 1 unspecified atom stereocenters. The number of hydrogen-bond acceptors (Lipinski definition) is 4. The topological polar surface area (TPSA) is 56.6 Å². The van der Waals surface area contributed by atoms with Crippen LogP contribution in [-0.4, -0.2) is 29.1 Å². The Labute approximate surface area is 168 Å². The minimum Gasteiger partial charge on any atom is -0.482 e. The van der Waals surface area contributed by atoms with Gasteiger partial charge in [-0.3, -0.25) is 4.79 Å². The number of ether oxygens (including phenoxy) is 2. The van der Waals surface area contributed by atoms with Crippen molar-refractivity contribution in [2.45, 2.75) is 19.3 Å². The monoisotopic (exact) mass is 397 g/mol. The van der Waals surface area contributed by atoms with Crippen LogP contribution >= 0.6 is 11.6 Å². The molecule has 1 atom stereocenters. The first-order valence-electron chi connectivity index (χ1n) is 8.95. The summed E-state index contributed by atoms with van der Waals surface area (Å²) in [6.45, 7) is 1.11. The van der Waals surface area contributed by atoms with Crippen LogP contribution in [0.15, 0.2) is 61.2 Å². The lowest BCUT2D eigenvalue weighted by Crippen LogP contribution is -2.35. The molecule has 0 fully saturated rings. The van der Waals surface area contributed by atoms with Crippen molar-refractivity contribution >= 4 is 23.2 Å². The lowest BCUT2D eigenvalue weighted by molar-refractivity contribution is -0.120. The highest BCUT2D eigenvalue weighted by Crippen LogP contribution is 2.35. The molecule has 0 saturated carbocycles. The number of anilines is 1. The fraction of sp³-hybridized carbons (Fsp3) is 0.238. The second-order valence-electron chi connectivity index (χ2n) is 6.65. The van der Waals surface area contributed by atoms with Crippen molar-refractivity contribution in [3.8, 4) is 5.75 Å². The Kier molecular flexibility index (Phi) is 5.32. The van der Waals surface area contributed by atoms with Gasteiger partial charge in [0.15, 0.2) is 6.61 Å². The van der Waals surface area contributed by atoms with E-state index in [-0.39, 0.29) is 18.6 Å². The van der Waals surface area contributed by atoms with E-state index in [9.17, 15) is 4.79 Å². The van der Waals surface area contributed by atoms with Gasteiger partial charge in [-0.25, -0.2) is 4.98 Å². The van der Waals surface area contributed by atoms with Crippen molar-refractivity contribution in [1.29, 1.82) is 0 Å². The number of carbonyl (C=O) groups is 1. The fourth-order valence-corrected chi connectivity index (χ4v) is 3.23. The minimum absolute atomic E-state index is 0.0639. The summed E-state index contributed by atoms with van der Waals surface area (Å²) >= 11 is 5.96. The number of aromatic nitrogens is 2. The minimum atomic E-state index is -0.222. The van der Waals surface area contributed by atoms with Crippen LogP contribution in [0.25, 0.3) is 0 Å². The quantitative estimate of drug-likeness (QED) is 0.634. The zero-order chi connectivity index (χ0) is 19.5. The number of imidazole rings is 1. The molecule has 6 nitrogen and oxygen atoms in total. The second-order valence-corrected chi connectivity index (χ2v) is 7.09. The van der Waals surface area contributed by atoms with Gasteiger partial charge < -0.3 is 18.9 Å². The molecule has 1 aliphatic rings. The van der Waals surface area contributed by atoms with Gasteiger partial charge in [0.1, 0.15) is 11.9 Å². The third-order valence-electron chi connectivity index (χ3n) is 4.74. The van der Waals surface area contributed by atoms with E-state index < -0.39 is 0 Å². The number of carbonyl (C=O) groups excluding carboxylic acids is 1. The smallest absolute Gasteiger partial charge is 0.264 e. The standard InChI is InChI=1S/C21H20ClN3O3/c1-24-18-10-16(4-7-19(18)28-13-21(24)26)20(11-25-9-8-23-14-25)27-12-15-2-5-17(22)6-3-15/h2-10,14,20H,11-13H2,1H3. The van der Waals surface area contributed by atoms with E-state index in [1.165, 1.54) is 0 Å². The zero-order valence-corrected chi connectivity index (χ0v) is 16.2. The van der Waals surface area contributed by atoms with E-state index in [2.05, 4.69) is 4.98 Å². The number of amides is 1. The van der Waals surface area contributed by atoms with E-state index >= 15 is 0 Å². The van der Waals surface area contributed by atoms with Gasteiger partial charge in [0.25, 0.3) is 5.91 Å². The first kappa shape index (κ1) is 18.5. The Bertz CT molecular complexity index is 958. The molecule has 2 aromatic carbocycles. The zero-order valence-electron chi connectivity index (χ0n) is 15.4. The molecule has 0 N–H and O–H groups in total. The van der Waals surface area contributed by atoms with Crippen molar-refractivity contribution < 1.29 is 14.3 Å². The molecular formula is C21H20ClN3O3. The third-order valence-corrected chi connectivity index (χ3v) is 4.99. The molecule has 3 aromatic rings. The van der Waals surface area contributed by atoms with E-state index in [1.54, 1.807) is 24.5 Å². The number of benzene rings is 2. The summed E-state index contributed by atoms with van der Waals surface area (Å²) in [5.41, 5.74) is 2.75. The maximum absolute atomic E-state index is 12.0. The van der Waals surface area contributed by atoms with Crippen molar-refractivity contribution in [1.82, 2.24) is 9.55 Å². The van der Waals surface area contributed by atoms with E-state index in [0.29, 0.717) is 23.9 Å². The molecule has 1 aliphatic heterocycles. The predicted octanol–water partition coefficient (Wildman–Crippen LogP) is 3.85. The van der Waals surface area contributed by atoms with E-state index in [4.69, 9.17) is 21.1 Å². The number of halogens is 1. The van der Waals surface area contributed by atoms with Crippen LogP contribution < -0.4 is 9.64 Å². The van der Waals surface area contributed by atoms with Gasteiger partial charge in [0.05, 0.1) is 25.2 Å². The van der Waals surface area contributed by atoms with E-state index in [1.807, 2.05) is 53.2 Å². The summed E-state index contributed by atoms with van der Waals surface area (Å²) in [5.74, 6) is 0.628. The van der Waals surface area contributed by atoms with Gasteiger partial charge in [0.2, 0.25) is 0 Å². The summed E-state index contributed by atoms with van der Waals surface area (Å²) in [6, 6.07) is 13.4. The maximum Gasteiger partial charge on any atom is 0.264 e. The highest BCUT2D eigenvalue weighted by Gasteiger charge is 2.24. The maximum atomic E-state index is 12.0. The van der Waals surface area contributed by atoms with E-state index in [0.717, 1.165) is 16.8 Å². The summed E-state index contributed by atoms with van der Waals surface area (Å²) in [5, 5.41) is 0.695. The van der Waals surface area contributed by atoms with Crippen molar-refractivity contribution in [3.63, 3.8) is 0 Å². The first-order valence-corrected chi connectivity index (χ1v) is 9.33. The number of hydrogen-bond donors (Lipinski definition) is 0. The van der Waals surface area contributed by atoms with Gasteiger partial charge in [-0.15, -0.1) is 0 Å². The Morgan fingerprint density at radius 1 is 1.25 bits per heavy atom. The number of likely N-dealkylation sites (N-methyl/N-ethyl adjacent to an activating group) is 1. The molecule has 1 aromatic heterocycles. The molecule has 0 bridgehead atoms. The summed E-state index contributed by atoms with van der Waals surface area (Å²) in [7, 11) is 1.76. The van der Waals surface area contributed by atoms with Crippen LogP contribution in [0.5, 0.6) is 5.75 Å². The lowest BCUT2D eigenvalue weighted by Gasteiger charge is -2.28. The van der Waals surface area contributed by atoms with Crippen molar-refractivity contribution in [3.05, 3.63) is 77.3 Å². The SMILES string of the molecule is CN1C(=O)COc2ccc(C(Cn3ccnc3)OCc3ccc(Cl)cc3)cc21. The molecule has 1 amide bonds. The van der Waals surface area contributed by atoms with Crippen LogP contribution in [0.3, 0.4) is 0 Å². The van der Waals surface area contributed by atoms with Gasteiger partial charge in [-0.2, -0.15) is 0 Å². The Hall–Kier alpha value is -2.83. The summed E-state index contributed by atoms with van der Waals surface area (Å²) in [6.07, 6.45) is 5.18. The van der Waals surface area contributed by atoms with Gasteiger partial charge >= 0.3 is 0 Å². The first-order chi connectivity index (χ1) is 13.6. The Morgan fingerprint density at radius 3 is 2.82 bits per heavy atom. The predicted molar refractivity (Wildman–Crippen MR) is 107 cm³/mol. The number of fused-ring (bicyclic) bond motifs is 1. The molecule has 4 rings (SSSR count). The second kappa shape index (κ2) is 8.04. The largest absolute Gasteiger partial charge is 0.482 e. The normalized spacial score (nSPS) is 14.5. The summed E-state index contributed by atoms with van der Waals surface area (Å²) in [4.78, 5) is 17.7. The van der Waals surface area contributed by atoms with Gasteiger partial charge in [0, 0.05) is 24.5 Å². The molecule has 28 heavy (non-hydrogen) atoms. The van der Waals surface area contributed by atoms with Crippen LogP contribution in [0.4, 0.5) is 5.69 Å².